The molecule has 0 bridgehead atoms. The minimum absolute atomic E-state index is 0.719. The van der Waals surface area contributed by atoms with Crippen LogP contribution in [0, 0.1) is 5.92 Å². The zero-order valence-electron chi connectivity index (χ0n) is 16.2. The minimum Gasteiger partial charge on any atom is -0.103 e. The van der Waals surface area contributed by atoms with Gasteiger partial charge < -0.3 is 0 Å². The van der Waals surface area contributed by atoms with E-state index in [1.54, 1.807) is 0 Å². The topological polar surface area (TPSA) is 0 Å². The van der Waals surface area contributed by atoms with Crippen LogP contribution in [0.3, 0.4) is 0 Å². The summed E-state index contributed by atoms with van der Waals surface area (Å²) >= 11 is 0. The standard InChI is InChI=1S/C27H28/c1-3-5-21-8-11-27-19-26(17-16-25(27)18-21)24-14-12-23(13-15-24)22-9-6-20(4-2)7-10-22/h3-5,8,11-20,22H,2,6-7,9-10H2,1H3/b5-3+. The summed E-state index contributed by atoms with van der Waals surface area (Å²) in [4.78, 5) is 0. The van der Waals surface area contributed by atoms with Crippen molar-refractivity contribution in [1.82, 2.24) is 0 Å². The van der Waals surface area contributed by atoms with Crippen LogP contribution in [0.4, 0.5) is 0 Å². The van der Waals surface area contributed by atoms with Crippen LogP contribution in [0.2, 0.25) is 0 Å². The molecule has 0 aromatic heterocycles. The molecule has 0 nitrogen and oxygen atoms in total. The first-order valence-corrected chi connectivity index (χ1v) is 10.2. The first-order valence-electron chi connectivity index (χ1n) is 10.2. The van der Waals surface area contributed by atoms with Crippen molar-refractivity contribution in [1.29, 1.82) is 0 Å². The van der Waals surface area contributed by atoms with E-state index in [0.717, 1.165) is 11.8 Å². The fourth-order valence-corrected chi connectivity index (χ4v) is 4.38. The maximum atomic E-state index is 3.96. The average molecular weight is 353 g/mol. The van der Waals surface area contributed by atoms with Gasteiger partial charge in [-0.1, -0.05) is 66.8 Å². The predicted octanol–water partition coefficient (Wildman–Crippen LogP) is 8.00. The lowest BCUT2D eigenvalue weighted by atomic mass is 9.78. The van der Waals surface area contributed by atoms with Gasteiger partial charge in [-0.05, 0) is 89.6 Å². The second kappa shape index (κ2) is 7.96. The summed E-state index contributed by atoms with van der Waals surface area (Å²) in [5, 5.41) is 2.59. The number of hydrogen-bond acceptors (Lipinski definition) is 0. The minimum atomic E-state index is 0.719. The van der Waals surface area contributed by atoms with Gasteiger partial charge >= 0.3 is 0 Å². The Morgan fingerprint density at radius 1 is 0.778 bits per heavy atom. The molecule has 3 aromatic carbocycles. The van der Waals surface area contributed by atoms with Gasteiger partial charge in [0.15, 0.2) is 0 Å². The number of rotatable bonds is 4. The SMILES string of the molecule is C=CC1CCC(c2ccc(-c3ccc4cc(/C=C/C)ccc4c3)cc2)CC1. The lowest BCUT2D eigenvalue weighted by Gasteiger charge is -2.27. The van der Waals surface area contributed by atoms with E-state index in [0.29, 0.717) is 0 Å². The molecule has 0 aliphatic heterocycles. The molecule has 0 radical (unpaired) electrons. The summed E-state index contributed by atoms with van der Waals surface area (Å²) < 4.78 is 0. The van der Waals surface area contributed by atoms with Crippen LogP contribution >= 0.6 is 0 Å². The molecular weight excluding hydrogens is 324 g/mol. The molecule has 0 atom stereocenters. The largest absolute Gasteiger partial charge is 0.103 e. The molecule has 136 valence electrons. The number of allylic oxidation sites excluding steroid dienone is 2. The fraction of sp³-hybridized carbons (Fsp3) is 0.259. The van der Waals surface area contributed by atoms with E-state index in [9.17, 15) is 0 Å². The summed E-state index contributed by atoms with van der Waals surface area (Å²) in [5.74, 6) is 1.45. The Hall–Kier alpha value is -2.60. The van der Waals surface area contributed by atoms with Gasteiger partial charge in [0.2, 0.25) is 0 Å². The third-order valence-corrected chi connectivity index (χ3v) is 6.04. The van der Waals surface area contributed by atoms with Crippen molar-refractivity contribution in [3.63, 3.8) is 0 Å². The highest BCUT2D eigenvalue weighted by molar-refractivity contribution is 5.89. The van der Waals surface area contributed by atoms with Crippen LogP contribution in [0.1, 0.15) is 49.7 Å². The smallest absolute Gasteiger partial charge is 0.0162 e. The molecule has 27 heavy (non-hydrogen) atoms. The average Bonchev–Trinajstić information content (AvgIpc) is 2.74. The van der Waals surface area contributed by atoms with E-state index in [2.05, 4.69) is 92.4 Å². The molecule has 1 aliphatic carbocycles. The zero-order valence-corrected chi connectivity index (χ0v) is 16.2. The second-order valence-electron chi connectivity index (χ2n) is 7.79. The molecule has 1 fully saturated rings. The molecule has 3 aromatic rings. The number of hydrogen-bond donors (Lipinski definition) is 0. The number of benzene rings is 3. The summed E-state index contributed by atoms with van der Waals surface area (Å²) in [6, 6.07) is 22.7. The quantitative estimate of drug-likeness (QED) is 0.417. The lowest BCUT2D eigenvalue weighted by molar-refractivity contribution is 0.376. The van der Waals surface area contributed by atoms with Crippen molar-refractivity contribution in [3.8, 4) is 11.1 Å². The molecular formula is C27H28. The summed E-state index contributed by atoms with van der Waals surface area (Å²) in [6.07, 6.45) is 11.5. The molecule has 0 heterocycles. The van der Waals surface area contributed by atoms with Crippen molar-refractivity contribution in [2.24, 2.45) is 5.92 Å². The van der Waals surface area contributed by atoms with Gasteiger partial charge in [-0.15, -0.1) is 6.58 Å². The highest BCUT2D eigenvalue weighted by Crippen LogP contribution is 2.37. The van der Waals surface area contributed by atoms with Gasteiger partial charge in [0.25, 0.3) is 0 Å². The third kappa shape index (κ3) is 3.90. The molecule has 1 aliphatic rings. The van der Waals surface area contributed by atoms with Crippen LogP contribution in [0.25, 0.3) is 28.0 Å². The van der Waals surface area contributed by atoms with E-state index in [-0.39, 0.29) is 0 Å². The third-order valence-electron chi connectivity index (χ3n) is 6.04. The molecule has 0 amide bonds. The molecule has 0 saturated heterocycles. The Balaban J connectivity index is 1.55. The Kier molecular flexibility index (Phi) is 5.25. The van der Waals surface area contributed by atoms with Crippen LogP contribution in [-0.2, 0) is 0 Å². The summed E-state index contributed by atoms with van der Waals surface area (Å²) in [5.41, 5.74) is 5.35. The van der Waals surface area contributed by atoms with E-state index in [4.69, 9.17) is 0 Å². The maximum absolute atomic E-state index is 3.96. The zero-order chi connectivity index (χ0) is 18.6. The molecule has 0 heteroatoms. The second-order valence-corrected chi connectivity index (χ2v) is 7.79. The van der Waals surface area contributed by atoms with Crippen molar-refractivity contribution in [2.75, 3.05) is 0 Å². The van der Waals surface area contributed by atoms with Crippen LogP contribution in [0.5, 0.6) is 0 Å². The summed E-state index contributed by atoms with van der Waals surface area (Å²) in [7, 11) is 0. The van der Waals surface area contributed by atoms with Crippen LogP contribution < -0.4 is 0 Å². The highest BCUT2D eigenvalue weighted by atomic mass is 14.2. The Bertz CT molecular complexity index is 951. The summed E-state index contributed by atoms with van der Waals surface area (Å²) in [6.45, 7) is 6.02. The van der Waals surface area contributed by atoms with E-state index < -0.39 is 0 Å². The van der Waals surface area contributed by atoms with Crippen LogP contribution in [-0.4, -0.2) is 0 Å². The van der Waals surface area contributed by atoms with Gasteiger partial charge in [0.1, 0.15) is 0 Å². The van der Waals surface area contributed by atoms with Crippen molar-refractivity contribution < 1.29 is 0 Å². The number of fused-ring (bicyclic) bond motifs is 1. The molecule has 0 spiro atoms. The van der Waals surface area contributed by atoms with E-state index >= 15 is 0 Å². The molecule has 4 rings (SSSR count). The molecule has 0 unspecified atom stereocenters. The van der Waals surface area contributed by atoms with Gasteiger partial charge in [0, 0.05) is 0 Å². The Morgan fingerprint density at radius 2 is 1.44 bits per heavy atom. The first kappa shape index (κ1) is 17.8. The van der Waals surface area contributed by atoms with Gasteiger partial charge in [-0.25, -0.2) is 0 Å². The molecule has 0 N–H and O–H groups in total. The predicted molar refractivity (Wildman–Crippen MR) is 119 cm³/mol. The van der Waals surface area contributed by atoms with Gasteiger partial charge in [0.05, 0.1) is 0 Å². The fourth-order valence-electron chi connectivity index (χ4n) is 4.38. The monoisotopic (exact) mass is 352 g/mol. The van der Waals surface area contributed by atoms with Crippen LogP contribution in [0.15, 0.2) is 79.4 Å². The molecule has 1 saturated carbocycles. The normalized spacial score (nSPS) is 20.2. The first-order chi connectivity index (χ1) is 13.3. The Labute approximate surface area is 163 Å². The van der Waals surface area contributed by atoms with Crippen molar-refractivity contribution >= 4 is 16.8 Å². The van der Waals surface area contributed by atoms with Gasteiger partial charge in [-0.3, -0.25) is 0 Å². The maximum Gasteiger partial charge on any atom is -0.0162 e. The van der Waals surface area contributed by atoms with Gasteiger partial charge in [-0.2, -0.15) is 0 Å². The van der Waals surface area contributed by atoms with E-state index in [1.807, 2.05) is 0 Å². The Morgan fingerprint density at radius 3 is 2.15 bits per heavy atom. The van der Waals surface area contributed by atoms with Crippen molar-refractivity contribution in [3.05, 3.63) is 90.5 Å². The van der Waals surface area contributed by atoms with E-state index in [1.165, 1.54) is 58.7 Å². The lowest BCUT2D eigenvalue weighted by Crippen LogP contribution is -2.11. The van der Waals surface area contributed by atoms with Crippen molar-refractivity contribution in [2.45, 2.75) is 38.5 Å². The highest BCUT2D eigenvalue weighted by Gasteiger charge is 2.20.